The van der Waals surface area contributed by atoms with Gasteiger partial charge in [0.1, 0.15) is 12.1 Å². The zero-order valence-electron chi connectivity index (χ0n) is 15.1. The molecule has 0 radical (unpaired) electrons. The lowest BCUT2D eigenvalue weighted by molar-refractivity contribution is 0.161. The molecule has 1 amide bonds. The second-order valence-electron chi connectivity index (χ2n) is 6.39. The van der Waals surface area contributed by atoms with Gasteiger partial charge in [-0.3, -0.25) is 9.98 Å². The Balaban J connectivity index is 1.66. The molecule has 0 spiro atoms. The van der Waals surface area contributed by atoms with Gasteiger partial charge in [0.2, 0.25) is 0 Å². The van der Waals surface area contributed by atoms with E-state index < -0.39 is 0 Å². The van der Waals surface area contributed by atoms with Gasteiger partial charge in [0.15, 0.2) is 5.96 Å². The first-order valence-corrected chi connectivity index (χ1v) is 8.54. The van der Waals surface area contributed by atoms with Crippen molar-refractivity contribution in [2.45, 2.75) is 18.9 Å². The highest BCUT2D eigenvalue weighted by Crippen LogP contribution is 2.21. The van der Waals surface area contributed by atoms with E-state index in [1.165, 1.54) is 4.57 Å². The SMILES string of the molecule is COc1ccc(-c2cn(C(=O)N(C)C3CCN(C(=N)N)CC3)cn2)cc1. The highest BCUT2D eigenvalue weighted by molar-refractivity contribution is 5.78. The molecule has 1 aromatic carbocycles. The first kappa shape index (κ1) is 17.8. The largest absolute Gasteiger partial charge is 0.497 e. The molecule has 0 bridgehead atoms. The van der Waals surface area contributed by atoms with Gasteiger partial charge in [-0.15, -0.1) is 0 Å². The van der Waals surface area contributed by atoms with Gasteiger partial charge in [-0.1, -0.05) is 0 Å². The first-order valence-electron chi connectivity index (χ1n) is 8.54. The molecule has 2 heterocycles. The zero-order valence-corrected chi connectivity index (χ0v) is 15.1. The number of methoxy groups -OCH3 is 1. The summed E-state index contributed by atoms with van der Waals surface area (Å²) >= 11 is 0. The Morgan fingerprint density at radius 2 is 1.96 bits per heavy atom. The lowest BCUT2D eigenvalue weighted by Crippen LogP contribution is -2.49. The summed E-state index contributed by atoms with van der Waals surface area (Å²) in [5.41, 5.74) is 7.19. The summed E-state index contributed by atoms with van der Waals surface area (Å²) in [5.74, 6) is 0.872. The molecule has 0 aliphatic carbocycles. The van der Waals surface area contributed by atoms with Crippen LogP contribution >= 0.6 is 0 Å². The van der Waals surface area contributed by atoms with Crippen LogP contribution in [0, 0.1) is 5.41 Å². The topological polar surface area (TPSA) is 100 Å². The number of benzene rings is 1. The van der Waals surface area contributed by atoms with Crippen molar-refractivity contribution in [1.82, 2.24) is 19.4 Å². The summed E-state index contributed by atoms with van der Waals surface area (Å²) in [6.45, 7) is 1.39. The Hall–Kier alpha value is -3.03. The summed E-state index contributed by atoms with van der Waals surface area (Å²) in [7, 11) is 3.43. The molecule has 1 saturated heterocycles. The van der Waals surface area contributed by atoms with E-state index in [0.717, 1.165) is 29.8 Å². The number of piperidine rings is 1. The molecule has 26 heavy (non-hydrogen) atoms. The number of imidazole rings is 1. The molecule has 8 heteroatoms. The third-order valence-corrected chi connectivity index (χ3v) is 4.84. The molecular weight excluding hydrogens is 332 g/mol. The third kappa shape index (κ3) is 3.63. The number of carbonyl (C=O) groups excluding carboxylic acids is 1. The number of nitrogens with one attached hydrogen (secondary N) is 1. The number of ether oxygens (including phenoxy) is 1. The minimum absolute atomic E-state index is 0.0937. The van der Waals surface area contributed by atoms with Gasteiger partial charge in [0, 0.05) is 37.9 Å². The van der Waals surface area contributed by atoms with Gasteiger partial charge in [0.25, 0.3) is 0 Å². The smallest absolute Gasteiger partial charge is 0.329 e. The van der Waals surface area contributed by atoms with Crippen molar-refractivity contribution >= 4 is 12.0 Å². The molecule has 0 atom stereocenters. The van der Waals surface area contributed by atoms with Crippen LogP contribution in [0.5, 0.6) is 5.75 Å². The zero-order chi connectivity index (χ0) is 18.7. The number of hydrogen-bond donors (Lipinski definition) is 2. The van der Waals surface area contributed by atoms with Crippen molar-refractivity contribution < 1.29 is 9.53 Å². The Bertz CT molecular complexity index is 777. The standard InChI is InChI=1S/C18H24N6O2/c1-22(14-7-9-23(10-8-14)17(19)20)18(25)24-11-16(21-12-24)13-3-5-15(26-2)6-4-13/h3-6,11-12,14H,7-10H2,1-2H3,(H3,19,20). The van der Waals surface area contributed by atoms with Crippen molar-refractivity contribution in [3.05, 3.63) is 36.8 Å². The molecule has 3 N–H and O–H groups in total. The molecule has 2 aromatic rings. The maximum absolute atomic E-state index is 12.8. The van der Waals surface area contributed by atoms with E-state index in [0.29, 0.717) is 13.1 Å². The second kappa shape index (κ2) is 7.47. The minimum Gasteiger partial charge on any atom is -0.497 e. The fourth-order valence-corrected chi connectivity index (χ4v) is 3.17. The van der Waals surface area contributed by atoms with Gasteiger partial charge >= 0.3 is 6.03 Å². The van der Waals surface area contributed by atoms with E-state index in [1.807, 2.05) is 36.2 Å². The minimum atomic E-state index is -0.112. The number of likely N-dealkylation sites (tertiary alicyclic amines) is 1. The van der Waals surface area contributed by atoms with Crippen LogP contribution in [0.3, 0.4) is 0 Å². The fraction of sp³-hybridized carbons (Fsp3) is 0.389. The number of carbonyl (C=O) groups is 1. The van der Waals surface area contributed by atoms with Crippen LogP contribution in [-0.2, 0) is 0 Å². The predicted octanol–water partition coefficient (Wildman–Crippen LogP) is 1.82. The lowest BCUT2D eigenvalue weighted by Gasteiger charge is -2.36. The number of aromatic nitrogens is 2. The van der Waals surface area contributed by atoms with Gasteiger partial charge in [0.05, 0.1) is 12.8 Å². The van der Waals surface area contributed by atoms with E-state index in [-0.39, 0.29) is 18.0 Å². The van der Waals surface area contributed by atoms with Gasteiger partial charge in [-0.05, 0) is 37.1 Å². The van der Waals surface area contributed by atoms with Crippen LogP contribution in [0.4, 0.5) is 4.79 Å². The van der Waals surface area contributed by atoms with E-state index in [2.05, 4.69) is 4.98 Å². The molecule has 3 rings (SSSR count). The van der Waals surface area contributed by atoms with Crippen LogP contribution in [0.1, 0.15) is 12.8 Å². The highest BCUT2D eigenvalue weighted by atomic mass is 16.5. The number of rotatable bonds is 3. The predicted molar refractivity (Wildman–Crippen MR) is 99.3 cm³/mol. The normalized spacial score (nSPS) is 14.9. The van der Waals surface area contributed by atoms with Crippen LogP contribution in [0.2, 0.25) is 0 Å². The summed E-state index contributed by atoms with van der Waals surface area (Å²) in [6, 6.07) is 7.58. The second-order valence-corrected chi connectivity index (χ2v) is 6.39. The molecular formula is C18H24N6O2. The fourth-order valence-electron chi connectivity index (χ4n) is 3.17. The number of hydrogen-bond acceptors (Lipinski definition) is 4. The molecule has 0 unspecified atom stereocenters. The summed E-state index contributed by atoms with van der Waals surface area (Å²) in [4.78, 5) is 20.7. The van der Waals surface area contributed by atoms with Crippen molar-refractivity contribution in [2.24, 2.45) is 5.73 Å². The van der Waals surface area contributed by atoms with Gasteiger partial charge in [-0.25, -0.2) is 9.78 Å². The molecule has 8 nitrogen and oxygen atoms in total. The Morgan fingerprint density at radius 3 is 2.54 bits per heavy atom. The summed E-state index contributed by atoms with van der Waals surface area (Å²) in [5, 5.41) is 7.49. The van der Waals surface area contributed by atoms with E-state index >= 15 is 0 Å². The molecule has 1 aliphatic heterocycles. The Morgan fingerprint density at radius 1 is 1.31 bits per heavy atom. The maximum Gasteiger partial charge on any atom is 0.329 e. The molecule has 1 aromatic heterocycles. The Labute approximate surface area is 152 Å². The molecule has 138 valence electrons. The van der Waals surface area contributed by atoms with Crippen molar-refractivity contribution in [3.8, 4) is 17.0 Å². The van der Waals surface area contributed by atoms with Crippen LogP contribution in [0.25, 0.3) is 11.3 Å². The monoisotopic (exact) mass is 356 g/mol. The lowest BCUT2D eigenvalue weighted by atomic mass is 10.0. The van der Waals surface area contributed by atoms with Crippen LogP contribution in [0.15, 0.2) is 36.8 Å². The number of nitrogens with two attached hydrogens (primary N) is 1. The maximum atomic E-state index is 12.8. The summed E-state index contributed by atoms with van der Waals surface area (Å²) < 4.78 is 6.67. The van der Waals surface area contributed by atoms with Gasteiger partial charge < -0.3 is 20.3 Å². The first-order chi connectivity index (χ1) is 12.5. The molecule has 1 fully saturated rings. The van der Waals surface area contributed by atoms with Crippen molar-refractivity contribution in [1.29, 1.82) is 5.41 Å². The van der Waals surface area contributed by atoms with Crippen molar-refractivity contribution in [2.75, 3.05) is 27.2 Å². The van der Waals surface area contributed by atoms with E-state index in [9.17, 15) is 4.79 Å². The third-order valence-electron chi connectivity index (χ3n) is 4.84. The van der Waals surface area contributed by atoms with Gasteiger partial charge in [-0.2, -0.15) is 0 Å². The quantitative estimate of drug-likeness (QED) is 0.645. The number of amides is 1. The Kier molecular flexibility index (Phi) is 5.11. The average molecular weight is 356 g/mol. The molecule has 1 aliphatic rings. The number of nitrogens with zero attached hydrogens (tertiary/aromatic N) is 4. The van der Waals surface area contributed by atoms with E-state index in [1.54, 1.807) is 24.5 Å². The van der Waals surface area contributed by atoms with Crippen LogP contribution < -0.4 is 10.5 Å². The molecule has 0 saturated carbocycles. The van der Waals surface area contributed by atoms with E-state index in [4.69, 9.17) is 15.9 Å². The average Bonchev–Trinajstić information content (AvgIpc) is 3.17. The van der Waals surface area contributed by atoms with Crippen molar-refractivity contribution in [3.63, 3.8) is 0 Å². The van der Waals surface area contributed by atoms with Crippen LogP contribution in [-0.4, -0.2) is 64.6 Å². The highest BCUT2D eigenvalue weighted by Gasteiger charge is 2.26. The number of guanidine groups is 1. The summed E-state index contributed by atoms with van der Waals surface area (Å²) in [6.07, 6.45) is 4.87.